The molecule has 0 bridgehead atoms. The molecule has 4 atom stereocenters. The van der Waals surface area contributed by atoms with Crippen LogP contribution in [0, 0.1) is 11.8 Å². The maximum atomic E-state index is 12.4. The molecule has 0 aliphatic rings. The SMILES string of the molecule is CCCCC(CC)COC(=O)CC(C(=O)OCC(CC)CCCC)[S+]([O])(=O)O[NH3+]. The van der Waals surface area contributed by atoms with Gasteiger partial charge < -0.3 is 9.47 Å². The highest BCUT2D eigenvalue weighted by molar-refractivity contribution is 7.94. The molecule has 0 aliphatic carbocycles. The van der Waals surface area contributed by atoms with Crippen LogP contribution in [0.5, 0.6) is 0 Å². The second-order valence-electron chi connectivity index (χ2n) is 7.45. The number of ether oxygens (including phenoxy) is 2. The fourth-order valence-electron chi connectivity index (χ4n) is 2.90. The summed E-state index contributed by atoms with van der Waals surface area (Å²) in [5.74, 6) is 1.50. The molecule has 0 amide bonds. The van der Waals surface area contributed by atoms with E-state index in [1.165, 1.54) is 0 Å². The van der Waals surface area contributed by atoms with Gasteiger partial charge in [0.25, 0.3) is 5.25 Å². The van der Waals surface area contributed by atoms with Crippen LogP contribution in [0.15, 0.2) is 0 Å². The van der Waals surface area contributed by atoms with Crippen molar-refractivity contribution >= 4 is 22.4 Å². The van der Waals surface area contributed by atoms with Crippen molar-refractivity contribution in [2.45, 2.75) is 90.7 Å². The van der Waals surface area contributed by atoms with Gasteiger partial charge in [-0.1, -0.05) is 66.2 Å². The maximum Gasteiger partial charge on any atom is 0.463 e. The normalized spacial score (nSPS) is 16.5. The van der Waals surface area contributed by atoms with Crippen molar-refractivity contribution in [1.82, 2.24) is 0 Å². The fourth-order valence-corrected chi connectivity index (χ4v) is 3.70. The Bertz CT molecular complexity index is 515. The molecule has 0 aromatic carbocycles. The molecule has 0 spiro atoms. The predicted molar refractivity (Wildman–Crippen MR) is 110 cm³/mol. The minimum absolute atomic E-state index is 0.114. The Hall–Kier alpha value is -1.03. The number of carbonyl (C=O) groups is 2. The van der Waals surface area contributed by atoms with Crippen molar-refractivity contribution in [3.8, 4) is 0 Å². The molecule has 0 aliphatic heterocycles. The average Bonchev–Trinajstić information content (AvgIpc) is 2.71. The molecule has 0 aromatic rings. The van der Waals surface area contributed by atoms with E-state index in [1.54, 1.807) is 0 Å². The van der Waals surface area contributed by atoms with Gasteiger partial charge in [0.15, 0.2) is 0 Å². The number of hydrogen-bond acceptors (Lipinski definition) is 6. The summed E-state index contributed by atoms with van der Waals surface area (Å²) in [5, 5.41) is -1.77. The van der Waals surface area contributed by atoms with Crippen LogP contribution >= 0.6 is 0 Å². The molecule has 29 heavy (non-hydrogen) atoms. The Labute approximate surface area is 176 Å². The summed E-state index contributed by atoms with van der Waals surface area (Å²) in [4.78, 5) is 24.6. The minimum atomic E-state index is -4.37. The van der Waals surface area contributed by atoms with Crippen molar-refractivity contribution < 1.29 is 38.0 Å². The molecule has 0 saturated heterocycles. The van der Waals surface area contributed by atoms with E-state index in [2.05, 4.69) is 24.0 Å². The smallest absolute Gasteiger partial charge is 0.463 e. The van der Waals surface area contributed by atoms with Gasteiger partial charge in [-0.3, -0.25) is 4.79 Å². The summed E-state index contributed by atoms with van der Waals surface area (Å²) in [6.45, 7) is 8.48. The summed E-state index contributed by atoms with van der Waals surface area (Å²) >= 11 is 0. The van der Waals surface area contributed by atoms with E-state index < -0.39 is 34.1 Å². The molecule has 0 rings (SSSR count). The van der Waals surface area contributed by atoms with Crippen molar-refractivity contribution in [2.75, 3.05) is 13.2 Å². The second kappa shape index (κ2) is 15.8. The molecule has 8 nitrogen and oxygen atoms in total. The number of rotatable bonds is 17. The van der Waals surface area contributed by atoms with Gasteiger partial charge >= 0.3 is 22.4 Å². The van der Waals surface area contributed by atoms with Gasteiger partial charge in [0.1, 0.15) is 6.42 Å². The molecule has 3 N–H and O–H groups in total. The average molecular weight is 439 g/mol. The number of unbranched alkanes of at least 4 members (excludes halogenated alkanes) is 2. The van der Waals surface area contributed by atoms with Crippen LogP contribution in [-0.2, 0) is 42.6 Å². The summed E-state index contributed by atoms with van der Waals surface area (Å²) in [6, 6.07) is 0. The molecular weight excluding hydrogens is 398 g/mol. The lowest BCUT2D eigenvalue weighted by Crippen LogP contribution is -2.57. The van der Waals surface area contributed by atoms with Gasteiger partial charge in [-0.25, -0.2) is 4.79 Å². The minimum Gasteiger partial charge on any atom is -0.465 e. The van der Waals surface area contributed by atoms with Crippen LogP contribution in [-0.4, -0.2) is 30.4 Å². The maximum absolute atomic E-state index is 12.4. The lowest BCUT2D eigenvalue weighted by Gasteiger charge is -2.17. The molecule has 1 radical (unpaired) electrons. The zero-order valence-electron chi connectivity index (χ0n) is 18.5. The lowest BCUT2D eigenvalue weighted by molar-refractivity contribution is -0.637. The van der Waals surface area contributed by atoms with Gasteiger partial charge in [0.05, 0.1) is 17.8 Å². The quantitative estimate of drug-likeness (QED) is 0.211. The lowest BCUT2D eigenvalue weighted by atomic mass is 10.0. The van der Waals surface area contributed by atoms with E-state index in [-0.39, 0.29) is 25.0 Å². The third-order valence-corrected chi connectivity index (χ3v) is 6.54. The van der Waals surface area contributed by atoms with Crippen molar-refractivity contribution in [1.29, 1.82) is 0 Å². The first-order valence-corrected chi connectivity index (χ1v) is 12.2. The van der Waals surface area contributed by atoms with Crippen molar-refractivity contribution in [3.63, 3.8) is 0 Å². The topological polar surface area (TPSA) is 126 Å². The van der Waals surface area contributed by atoms with Gasteiger partial charge in [-0.15, -0.1) is 0 Å². The van der Waals surface area contributed by atoms with E-state index in [4.69, 9.17) is 9.47 Å². The van der Waals surface area contributed by atoms with Crippen LogP contribution in [0.3, 0.4) is 0 Å². The van der Waals surface area contributed by atoms with Crippen molar-refractivity contribution in [2.24, 2.45) is 11.8 Å². The molecule has 0 heterocycles. The Morgan fingerprint density at radius 2 is 1.38 bits per heavy atom. The third-order valence-electron chi connectivity index (χ3n) is 5.16. The molecule has 171 valence electrons. The highest BCUT2D eigenvalue weighted by atomic mass is 32.3. The fraction of sp³-hybridized carbons (Fsp3) is 0.900. The zero-order valence-corrected chi connectivity index (χ0v) is 19.3. The van der Waals surface area contributed by atoms with Gasteiger partial charge in [-0.05, 0) is 28.9 Å². The van der Waals surface area contributed by atoms with Gasteiger partial charge in [-0.2, -0.15) is 5.90 Å². The zero-order chi connectivity index (χ0) is 22.3. The molecular formula is C20H40NO7S+2. The summed E-state index contributed by atoms with van der Waals surface area (Å²) in [6.07, 6.45) is 6.96. The van der Waals surface area contributed by atoms with E-state index in [0.29, 0.717) is 0 Å². The Balaban J connectivity index is 4.86. The molecule has 0 saturated carbocycles. The molecule has 0 aromatic heterocycles. The first-order chi connectivity index (χ1) is 13.7. The largest absolute Gasteiger partial charge is 0.465 e. The van der Waals surface area contributed by atoms with E-state index >= 15 is 0 Å². The number of quaternary nitrogens is 1. The Kier molecular flexibility index (Phi) is 15.2. The van der Waals surface area contributed by atoms with Crippen LogP contribution in [0.25, 0.3) is 0 Å². The van der Waals surface area contributed by atoms with Gasteiger partial charge in [0, 0.05) is 4.28 Å². The van der Waals surface area contributed by atoms with Crippen molar-refractivity contribution in [3.05, 3.63) is 0 Å². The molecule has 4 unspecified atom stereocenters. The van der Waals surface area contributed by atoms with Crippen LogP contribution in [0.2, 0.25) is 0 Å². The number of hydrogen-bond donors (Lipinski definition) is 1. The number of carbonyl (C=O) groups excluding carboxylic acids is 2. The van der Waals surface area contributed by atoms with Crippen LogP contribution in [0.4, 0.5) is 0 Å². The Morgan fingerprint density at radius 3 is 1.79 bits per heavy atom. The van der Waals surface area contributed by atoms with E-state index in [9.17, 15) is 18.4 Å². The van der Waals surface area contributed by atoms with E-state index in [1.807, 2.05) is 13.8 Å². The second-order valence-corrected chi connectivity index (χ2v) is 9.24. The molecule has 0 fully saturated rings. The van der Waals surface area contributed by atoms with Gasteiger partial charge in [0.2, 0.25) is 0 Å². The van der Waals surface area contributed by atoms with Crippen LogP contribution in [0.1, 0.15) is 85.5 Å². The third kappa shape index (κ3) is 11.7. The first-order valence-electron chi connectivity index (χ1n) is 10.7. The van der Waals surface area contributed by atoms with Crippen LogP contribution < -0.4 is 5.90 Å². The summed E-state index contributed by atoms with van der Waals surface area (Å²) in [5.41, 5.74) is 0. The molecule has 9 heteroatoms. The standard InChI is InChI=1S/C20H40NO7S/c1-5-9-11-16(7-3)14-26-19(22)13-18(29(24,25)28-21)20(23)27-15-17(8-4)12-10-6-2/h16-18H,5-15H2,1-4,21H3/q+2. The monoisotopic (exact) mass is 438 g/mol. The number of esters is 2. The first kappa shape index (κ1) is 28.0. The highest BCUT2D eigenvalue weighted by Gasteiger charge is 2.53. The Morgan fingerprint density at radius 1 is 0.897 bits per heavy atom. The van der Waals surface area contributed by atoms with E-state index in [0.717, 1.165) is 51.4 Å². The predicted octanol–water partition coefficient (Wildman–Crippen LogP) is 3.20. The highest BCUT2D eigenvalue weighted by Crippen LogP contribution is 2.20. The summed E-state index contributed by atoms with van der Waals surface area (Å²) < 4.78 is 38.9. The summed E-state index contributed by atoms with van der Waals surface area (Å²) in [7, 11) is -4.37.